The molecule has 1 aromatic heterocycles. The minimum absolute atomic E-state index is 0.0810. The molecule has 2 fully saturated rings. The molecule has 152 valence electrons. The van der Waals surface area contributed by atoms with E-state index in [0.29, 0.717) is 18.0 Å². The molecule has 1 aliphatic heterocycles. The number of benzene rings is 1. The highest BCUT2D eigenvalue weighted by Gasteiger charge is 2.52. The number of aromatic nitrogens is 2. The third-order valence-electron chi connectivity index (χ3n) is 5.21. The number of hydrogen-bond donors (Lipinski definition) is 3. The van der Waals surface area contributed by atoms with Gasteiger partial charge in [-0.25, -0.2) is 9.78 Å². The lowest BCUT2D eigenvalue weighted by Crippen LogP contribution is -2.24. The van der Waals surface area contributed by atoms with E-state index in [2.05, 4.69) is 15.6 Å². The zero-order valence-corrected chi connectivity index (χ0v) is 15.4. The van der Waals surface area contributed by atoms with Gasteiger partial charge in [0.25, 0.3) is 0 Å². The number of nitrogens with one attached hydrogen (secondary N) is 2. The van der Waals surface area contributed by atoms with Crippen molar-refractivity contribution in [2.24, 2.45) is 24.8 Å². The van der Waals surface area contributed by atoms with Crippen LogP contribution in [0.5, 0.6) is 0 Å². The van der Waals surface area contributed by atoms with E-state index < -0.39 is 17.7 Å². The number of aryl methyl sites for hydroxylation is 1. The summed E-state index contributed by atoms with van der Waals surface area (Å²) in [6, 6.07) is 5.78. The van der Waals surface area contributed by atoms with E-state index in [-0.39, 0.29) is 5.69 Å². The molecule has 1 aliphatic carbocycles. The van der Waals surface area contributed by atoms with Crippen molar-refractivity contribution in [2.45, 2.75) is 12.7 Å². The molecule has 0 amide bonds. The van der Waals surface area contributed by atoms with Crippen molar-refractivity contribution in [1.29, 1.82) is 0 Å². The standard InChI is InChI=1S/C14H17F3N2.C5H6N2O2/c15-14(16,17)13-4-2-1-3-9(13)5-18-6-10-11-7-19-8-12(10)11;1-7-2-4(5(8)9)6-3-7/h1-4,10-12,18-19H,5-8H2;2-3H,1H3,(H,8,9). The Labute approximate surface area is 160 Å². The van der Waals surface area contributed by atoms with Crippen LogP contribution < -0.4 is 10.6 Å². The number of aromatic carboxylic acids is 1. The molecule has 1 saturated carbocycles. The summed E-state index contributed by atoms with van der Waals surface area (Å²) >= 11 is 0. The Bertz CT molecular complexity index is 812. The van der Waals surface area contributed by atoms with Gasteiger partial charge in [-0.2, -0.15) is 13.2 Å². The number of carboxylic acids is 1. The van der Waals surface area contributed by atoms with Gasteiger partial charge in [0.1, 0.15) is 0 Å². The first-order chi connectivity index (χ1) is 13.3. The summed E-state index contributed by atoms with van der Waals surface area (Å²) in [5, 5.41) is 14.8. The third-order valence-corrected chi connectivity index (χ3v) is 5.21. The lowest BCUT2D eigenvalue weighted by Gasteiger charge is -2.13. The van der Waals surface area contributed by atoms with Crippen LogP contribution in [0.1, 0.15) is 21.6 Å². The number of rotatable bonds is 5. The Kier molecular flexibility index (Phi) is 6.04. The van der Waals surface area contributed by atoms with E-state index in [9.17, 15) is 18.0 Å². The van der Waals surface area contributed by atoms with Gasteiger partial charge in [0.15, 0.2) is 5.69 Å². The predicted molar refractivity (Wildman–Crippen MR) is 96.7 cm³/mol. The van der Waals surface area contributed by atoms with Gasteiger partial charge in [-0.15, -0.1) is 0 Å². The van der Waals surface area contributed by atoms with Crippen molar-refractivity contribution < 1.29 is 23.1 Å². The quantitative estimate of drug-likeness (QED) is 0.723. The molecule has 2 aliphatic rings. The van der Waals surface area contributed by atoms with Crippen LogP contribution in [0.4, 0.5) is 13.2 Å². The molecule has 2 atom stereocenters. The average molecular weight is 396 g/mol. The zero-order chi connectivity index (χ0) is 20.3. The minimum atomic E-state index is -4.27. The van der Waals surface area contributed by atoms with E-state index >= 15 is 0 Å². The maximum Gasteiger partial charge on any atom is 0.416 e. The largest absolute Gasteiger partial charge is 0.476 e. The third kappa shape index (κ3) is 4.90. The van der Waals surface area contributed by atoms with Crippen molar-refractivity contribution in [3.8, 4) is 0 Å². The number of piperidine rings is 1. The van der Waals surface area contributed by atoms with Gasteiger partial charge < -0.3 is 20.3 Å². The summed E-state index contributed by atoms with van der Waals surface area (Å²) in [6.45, 7) is 3.24. The first-order valence-corrected chi connectivity index (χ1v) is 9.05. The Morgan fingerprint density at radius 2 is 2.00 bits per heavy atom. The van der Waals surface area contributed by atoms with E-state index in [0.717, 1.165) is 37.5 Å². The smallest absolute Gasteiger partial charge is 0.416 e. The molecular formula is C19H23F3N4O2. The van der Waals surface area contributed by atoms with Crippen LogP contribution in [-0.4, -0.2) is 40.3 Å². The molecule has 2 aromatic rings. The maximum atomic E-state index is 12.8. The molecule has 1 aromatic carbocycles. The Morgan fingerprint density at radius 1 is 1.32 bits per heavy atom. The SMILES string of the molecule is Cn1cnc(C(=O)O)c1.FC(F)(F)c1ccccc1CNCC1C2CNCC12. The maximum absolute atomic E-state index is 12.8. The van der Waals surface area contributed by atoms with Crippen LogP contribution in [0.15, 0.2) is 36.8 Å². The molecular weight excluding hydrogens is 373 g/mol. The summed E-state index contributed by atoms with van der Waals surface area (Å²) in [5.74, 6) is 1.14. The summed E-state index contributed by atoms with van der Waals surface area (Å²) in [7, 11) is 1.72. The number of hydrogen-bond acceptors (Lipinski definition) is 4. The molecule has 0 radical (unpaired) electrons. The number of imidazole rings is 1. The fourth-order valence-corrected chi connectivity index (χ4v) is 3.70. The number of alkyl halides is 3. The van der Waals surface area contributed by atoms with Crippen molar-refractivity contribution in [3.05, 3.63) is 53.6 Å². The monoisotopic (exact) mass is 396 g/mol. The van der Waals surface area contributed by atoms with Gasteiger partial charge in [0, 0.05) is 19.8 Å². The number of carboxylic acid groups (broad SMARTS) is 1. The van der Waals surface area contributed by atoms with E-state index in [1.807, 2.05) is 0 Å². The van der Waals surface area contributed by atoms with Gasteiger partial charge in [-0.05, 0) is 49.0 Å². The molecule has 0 bridgehead atoms. The van der Waals surface area contributed by atoms with Gasteiger partial charge in [-0.3, -0.25) is 0 Å². The van der Waals surface area contributed by atoms with Gasteiger partial charge in [0.2, 0.25) is 0 Å². The molecule has 2 unspecified atom stereocenters. The van der Waals surface area contributed by atoms with Crippen LogP contribution in [0, 0.1) is 17.8 Å². The van der Waals surface area contributed by atoms with Crippen molar-refractivity contribution in [1.82, 2.24) is 20.2 Å². The predicted octanol–water partition coefficient (Wildman–Crippen LogP) is 2.38. The fourth-order valence-electron chi connectivity index (χ4n) is 3.70. The Balaban J connectivity index is 0.000000211. The van der Waals surface area contributed by atoms with Crippen LogP contribution in [0.25, 0.3) is 0 Å². The normalized spacial score (nSPS) is 22.9. The van der Waals surface area contributed by atoms with Gasteiger partial charge >= 0.3 is 12.1 Å². The summed E-state index contributed by atoms with van der Waals surface area (Å²) in [4.78, 5) is 13.7. The number of nitrogens with zero attached hydrogens (tertiary/aromatic N) is 2. The van der Waals surface area contributed by atoms with Gasteiger partial charge in [0.05, 0.1) is 11.9 Å². The molecule has 1 saturated heterocycles. The van der Waals surface area contributed by atoms with Crippen molar-refractivity contribution in [2.75, 3.05) is 19.6 Å². The Hall–Kier alpha value is -2.39. The second-order valence-corrected chi connectivity index (χ2v) is 7.17. The van der Waals surface area contributed by atoms with Gasteiger partial charge in [-0.1, -0.05) is 18.2 Å². The number of carbonyl (C=O) groups is 1. The number of fused-ring (bicyclic) bond motifs is 1. The second kappa shape index (κ2) is 8.32. The highest BCUT2D eigenvalue weighted by atomic mass is 19.4. The summed E-state index contributed by atoms with van der Waals surface area (Å²) in [6.07, 6.45) is -1.37. The minimum Gasteiger partial charge on any atom is -0.476 e. The average Bonchev–Trinajstić information content (AvgIpc) is 3.01. The fraction of sp³-hybridized carbons (Fsp3) is 0.474. The topological polar surface area (TPSA) is 79.2 Å². The van der Waals surface area contributed by atoms with Crippen molar-refractivity contribution >= 4 is 5.97 Å². The molecule has 0 spiro atoms. The highest BCUT2D eigenvalue weighted by Crippen LogP contribution is 2.48. The molecule has 28 heavy (non-hydrogen) atoms. The van der Waals surface area contributed by atoms with E-state index in [4.69, 9.17) is 5.11 Å². The lowest BCUT2D eigenvalue weighted by molar-refractivity contribution is -0.138. The van der Waals surface area contributed by atoms with Crippen LogP contribution in [0.2, 0.25) is 0 Å². The lowest BCUT2D eigenvalue weighted by atomic mass is 10.1. The first kappa shape index (κ1) is 20.3. The second-order valence-electron chi connectivity index (χ2n) is 7.17. The van der Waals surface area contributed by atoms with Crippen molar-refractivity contribution in [3.63, 3.8) is 0 Å². The molecule has 3 N–H and O–H groups in total. The molecule has 2 heterocycles. The highest BCUT2D eigenvalue weighted by molar-refractivity contribution is 5.84. The van der Waals surface area contributed by atoms with Crippen LogP contribution >= 0.6 is 0 Å². The summed E-state index contributed by atoms with van der Waals surface area (Å²) in [5.41, 5.74) is -0.114. The zero-order valence-electron chi connectivity index (χ0n) is 15.4. The Morgan fingerprint density at radius 3 is 2.54 bits per heavy atom. The van der Waals surface area contributed by atoms with Crippen LogP contribution in [-0.2, 0) is 19.8 Å². The summed E-state index contributed by atoms with van der Waals surface area (Å²) < 4.78 is 40.0. The molecule has 4 rings (SSSR count). The first-order valence-electron chi connectivity index (χ1n) is 9.05. The molecule has 9 heteroatoms. The van der Waals surface area contributed by atoms with E-state index in [1.54, 1.807) is 23.7 Å². The molecule has 6 nitrogen and oxygen atoms in total. The van der Waals surface area contributed by atoms with Crippen LogP contribution in [0.3, 0.4) is 0 Å². The van der Waals surface area contributed by atoms with E-state index in [1.165, 1.54) is 18.6 Å². The number of halogens is 3.